The highest BCUT2D eigenvalue weighted by molar-refractivity contribution is 7.99. The van der Waals surface area contributed by atoms with E-state index in [2.05, 4.69) is 10.4 Å². The monoisotopic (exact) mass is 332 g/mol. The maximum atomic E-state index is 13.1. The number of nitro groups is 1. The number of nitrogens with one attached hydrogen (secondary N) is 1. The molecule has 0 aliphatic carbocycles. The second-order valence-electron chi connectivity index (χ2n) is 4.78. The van der Waals surface area contributed by atoms with E-state index in [1.54, 1.807) is 35.3 Å². The van der Waals surface area contributed by atoms with Gasteiger partial charge < -0.3 is 5.32 Å². The largest absolute Gasteiger partial charge is 0.338 e. The van der Waals surface area contributed by atoms with Crippen LogP contribution in [0.5, 0.6) is 0 Å². The lowest BCUT2D eigenvalue weighted by Gasteiger charge is -2.21. The summed E-state index contributed by atoms with van der Waals surface area (Å²) in [6.45, 7) is 0. The first-order chi connectivity index (χ1) is 11.1. The minimum Gasteiger partial charge on any atom is -0.338 e. The van der Waals surface area contributed by atoms with Gasteiger partial charge in [-0.1, -0.05) is 12.1 Å². The Kier molecular flexibility index (Phi) is 4.16. The van der Waals surface area contributed by atoms with E-state index in [-0.39, 0.29) is 17.0 Å². The van der Waals surface area contributed by atoms with Crippen molar-refractivity contribution in [2.45, 2.75) is 5.50 Å². The van der Waals surface area contributed by atoms with Gasteiger partial charge in [0, 0.05) is 11.6 Å². The molecule has 118 valence electrons. The third-order valence-corrected chi connectivity index (χ3v) is 4.12. The molecule has 0 spiro atoms. The summed E-state index contributed by atoms with van der Waals surface area (Å²) in [5.41, 5.74) is 0.821. The number of hydrogen-bond acceptors (Lipinski definition) is 6. The smallest absolute Gasteiger partial charge is 0.294 e. The highest BCUT2D eigenvalue weighted by atomic mass is 32.2. The molecule has 1 atom stereocenters. The first-order valence-corrected chi connectivity index (χ1v) is 8.05. The summed E-state index contributed by atoms with van der Waals surface area (Å²) in [4.78, 5) is 10.8. The van der Waals surface area contributed by atoms with Crippen LogP contribution in [0.15, 0.2) is 53.6 Å². The summed E-state index contributed by atoms with van der Waals surface area (Å²) >= 11 is 1.46. The summed E-state index contributed by atoms with van der Waals surface area (Å²) < 4.78 is 13.1. The number of thioether (sulfide) groups is 1. The van der Waals surface area contributed by atoms with Crippen LogP contribution in [-0.2, 0) is 0 Å². The normalized spacial score (nSPS) is 16.9. The molecule has 2 aromatic rings. The van der Waals surface area contributed by atoms with E-state index in [9.17, 15) is 14.5 Å². The molecule has 0 saturated heterocycles. The Morgan fingerprint density at radius 3 is 2.61 bits per heavy atom. The van der Waals surface area contributed by atoms with Gasteiger partial charge in [-0.3, -0.25) is 10.1 Å². The lowest BCUT2D eigenvalue weighted by molar-refractivity contribution is -0.384. The molecule has 0 radical (unpaired) electrons. The van der Waals surface area contributed by atoms with Crippen LogP contribution < -0.4 is 10.3 Å². The summed E-state index contributed by atoms with van der Waals surface area (Å²) in [5, 5.41) is 20.4. The number of nitrogens with zero attached hydrogens (tertiary/aromatic N) is 3. The number of benzene rings is 2. The van der Waals surface area contributed by atoms with Crippen LogP contribution in [0.1, 0.15) is 5.56 Å². The van der Waals surface area contributed by atoms with Gasteiger partial charge in [0.05, 0.1) is 4.92 Å². The van der Waals surface area contributed by atoms with Crippen molar-refractivity contribution in [2.75, 3.05) is 11.3 Å². The molecule has 1 unspecified atom stereocenters. The van der Waals surface area contributed by atoms with Crippen molar-refractivity contribution in [2.24, 2.45) is 5.10 Å². The standard InChI is InChI=1S/C15H13FN4O2S/c1-23-15-17-14(10-6-8-11(16)9-7-10)18-19(15)12-4-2-3-5-13(12)20(21)22/h2-9,15H,1H3,(H,17,18). The van der Waals surface area contributed by atoms with E-state index in [1.807, 2.05) is 6.26 Å². The van der Waals surface area contributed by atoms with E-state index in [0.717, 1.165) is 0 Å². The Bertz CT molecular complexity index is 766. The highest BCUT2D eigenvalue weighted by Crippen LogP contribution is 2.33. The van der Waals surface area contributed by atoms with Crippen LogP contribution >= 0.6 is 11.8 Å². The third kappa shape index (κ3) is 2.98. The Labute approximate surface area is 136 Å². The maximum absolute atomic E-state index is 13.1. The number of hydrazone groups is 1. The zero-order valence-electron chi connectivity index (χ0n) is 12.1. The van der Waals surface area contributed by atoms with Gasteiger partial charge in [0.25, 0.3) is 5.69 Å². The molecule has 23 heavy (non-hydrogen) atoms. The molecule has 6 nitrogen and oxygen atoms in total. The molecule has 8 heteroatoms. The average Bonchev–Trinajstić information content (AvgIpc) is 2.99. The maximum Gasteiger partial charge on any atom is 0.294 e. The van der Waals surface area contributed by atoms with Gasteiger partial charge in [-0.25, -0.2) is 9.40 Å². The SMILES string of the molecule is CSC1NC(c2ccc(F)cc2)=NN1c1ccccc1[N+](=O)[O-]. The third-order valence-electron chi connectivity index (χ3n) is 3.36. The predicted molar refractivity (Wildman–Crippen MR) is 89.0 cm³/mol. The summed E-state index contributed by atoms with van der Waals surface area (Å²) in [6.07, 6.45) is 1.88. The average molecular weight is 332 g/mol. The number of hydrogen-bond donors (Lipinski definition) is 1. The predicted octanol–water partition coefficient (Wildman–Crippen LogP) is 3.15. The molecule has 1 heterocycles. The van der Waals surface area contributed by atoms with Gasteiger partial charge >= 0.3 is 0 Å². The minimum atomic E-state index is -0.432. The first kappa shape index (κ1) is 15.3. The first-order valence-electron chi connectivity index (χ1n) is 6.76. The molecule has 2 aromatic carbocycles. The van der Waals surface area contributed by atoms with Crippen molar-refractivity contribution in [1.29, 1.82) is 0 Å². The lowest BCUT2D eigenvalue weighted by Crippen LogP contribution is -2.35. The van der Waals surface area contributed by atoms with Crippen LogP contribution in [0.25, 0.3) is 0 Å². The van der Waals surface area contributed by atoms with E-state index in [0.29, 0.717) is 17.1 Å². The van der Waals surface area contributed by atoms with Gasteiger partial charge in [0.15, 0.2) is 11.3 Å². The van der Waals surface area contributed by atoms with E-state index in [1.165, 1.54) is 30.0 Å². The quantitative estimate of drug-likeness (QED) is 0.688. The van der Waals surface area contributed by atoms with Crippen molar-refractivity contribution in [1.82, 2.24) is 5.32 Å². The molecule has 0 saturated carbocycles. The number of rotatable bonds is 4. The fraction of sp³-hybridized carbons (Fsp3) is 0.133. The van der Waals surface area contributed by atoms with Crippen LogP contribution in [-0.4, -0.2) is 22.5 Å². The fourth-order valence-electron chi connectivity index (χ4n) is 2.27. The Morgan fingerprint density at radius 2 is 1.96 bits per heavy atom. The topological polar surface area (TPSA) is 70.8 Å². The van der Waals surface area contributed by atoms with Gasteiger partial charge in [0.1, 0.15) is 11.5 Å². The Balaban J connectivity index is 2.01. The number of para-hydroxylation sites is 2. The molecular formula is C15H13FN4O2S. The molecule has 0 amide bonds. The molecule has 0 bridgehead atoms. The number of halogens is 1. The van der Waals surface area contributed by atoms with Crippen molar-refractivity contribution >= 4 is 29.0 Å². The van der Waals surface area contributed by atoms with Crippen LogP contribution in [0.3, 0.4) is 0 Å². The van der Waals surface area contributed by atoms with E-state index < -0.39 is 4.92 Å². The molecule has 3 rings (SSSR count). The van der Waals surface area contributed by atoms with Crippen LogP contribution in [0, 0.1) is 15.9 Å². The Hall–Kier alpha value is -2.61. The number of amidine groups is 1. The molecule has 0 aromatic heterocycles. The van der Waals surface area contributed by atoms with E-state index in [4.69, 9.17) is 0 Å². The molecular weight excluding hydrogens is 319 g/mol. The van der Waals surface area contributed by atoms with Crippen LogP contribution in [0.2, 0.25) is 0 Å². The zero-order chi connectivity index (χ0) is 16.4. The zero-order valence-corrected chi connectivity index (χ0v) is 13.0. The number of anilines is 1. The van der Waals surface area contributed by atoms with Crippen molar-refractivity contribution in [3.8, 4) is 0 Å². The van der Waals surface area contributed by atoms with Crippen molar-refractivity contribution in [3.63, 3.8) is 0 Å². The lowest BCUT2D eigenvalue weighted by atomic mass is 10.2. The second-order valence-corrected chi connectivity index (χ2v) is 5.70. The minimum absolute atomic E-state index is 0.0162. The molecule has 1 aliphatic rings. The van der Waals surface area contributed by atoms with Crippen molar-refractivity contribution in [3.05, 3.63) is 70.0 Å². The molecule has 0 fully saturated rings. The number of nitro benzene ring substituents is 1. The van der Waals surface area contributed by atoms with Gasteiger partial charge in [0.2, 0.25) is 0 Å². The summed E-state index contributed by atoms with van der Waals surface area (Å²) in [6, 6.07) is 12.4. The summed E-state index contributed by atoms with van der Waals surface area (Å²) in [7, 11) is 0. The summed E-state index contributed by atoms with van der Waals surface area (Å²) in [5.74, 6) is 0.215. The van der Waals surface area contributed by atoms with E-state index >= 15 is 0 Å². The van der Waals surface area contributed by atoms with Gasteiger partial charge in [-0.15, -0.1) is 11.8 Å². The highest BCUT2D eigenvalue weighted by Gasteiger charge is 2.31. The molecule has 1 aliphatic heterocycles. The van der Waals surface area contributed by atoms with Gasteiger partial charge in [-0.2, -0.15) is 5.10 Å². The second kappa shape index (κ2) is 6.25. The van der Waals surface area contributed by atoms with Crippen LogP contribution in [0.4, 0.5) is 15.8 Å². The fourth-order valence-corrected chi connectivity index (χ4v) is 2.86. The van der Waals surface area contributed by atoms with Crippen molar-refractivity contribution < 1.29 is 9.31 Å². The van der Waals surface area contributed by atoms with Gasteiger partial charge in [-0.05, 0) is 36.6 Å². The molecule has 1 N–H and O–H groups in total. The Morgan fingerprint density at radius 1 is 1.26 bits per heavy atom.